The molecule has 17 heavy (non-hydrogen) atoms. The predicted octanol–water partition coefficient (Wildman–Crippen LogP) is 1.93. The average molecular weight is 246 g/mol. The fourth-order valence-electron chi connectivity index (χ4n) is 1.98. The van der Waals surface area contributed by atoms with Crippen LogP contribution in [0.5, 0.6) is 0 Å². The van der Waals surface area contributed by atoms with Gasteiger partial charge in [0.2, 0.25) is 0 Å². The van der Waals surface area contributed by atoms with E-state index < -0.39 is 17.9 Å². The Hall–Kier alpha value is -0.840. The lowest BCUT2D eigenvalue weighted by molar-refractivity contribution is 0.00494. The Labute approximate surface area is 102 Å². The fourth-order valence-corrected chi connectivity index (χ4v) is 1.98. The molecule has 0 spiro atoms. The highest BCUT2D eigenvalue weighted by Gasteiger charge is 2.32. The van der Waals surface area contributed by atoms with E-state index >= 15 is 0 Å². The van der Waals surface area contributed by atoms with E-state index in [2.05, 4.69) is 0 Å². The Morgan fingerprint density at radius 2 is 2.18 bits per heavy atom. The van der Waals surface area contributed by atoms with Gasteiger partial charge in [0.15, 0.2) is 0 Å². The lowest BCUT2D eigenvalue weighted by Gasteiger charge is -2.35. The van der Waals surface area contributed by atoms with Crippen LogP contribution in [0.4, 0.5) is 9.18 Å². The van der Waals surface area contributed by atoms with Gasteiger partial charge in [-0.05, 0) is 46.1 Å². The lowest BCUT2D eigenvalue weighted by atomic mass is 9.92. The quantitative estimate of drug-likeness (QED) is 0.810. The Bertz CT molecular complexity index is 266. The molecule has 2 atom stereocenters. The number of likely N-dealkylation sites (tertiary alicyclic amines) is 1. The second kappa shape index (κ2) is 5.67. The molecule has 0 bridgehead atoms. The van der Waals surface area contributed by atoms with Gasteiger partial charge in [0, 0.05) is 6.54 Å². The SMILES string of the molecule is CC(C)(C)OC(=O)N1CC[C@@H](CCN)[C@H](F)C1. The van der Waals surface area contributed by atoms with Crippen LogP contribution in [0, 0.1) is 5.92 Å². The van der Waals surface area contributed by atoms with Crippen LogP contribution in [0.1, 0.15) is 33.6 Å². The molecule has 0 radical (unpaired) electrons. The molecule has 1 rings (SSSR count). The van der Waals surface area contributed by atoms with E-state index in [-0.39, 0.29) is 12.5 Å². The number of carbonyl (C=O) groups excluding carboxylic acids is 1. The average Bonchev–Trinajstić information content (AvgIpc) is 2.18. The number of carbonyl (C=O) groups is 1. The van der Waals surface area contributed by atoms with Gasteiger partial charge in [-0.3, -0.25) is 0 Å². The van der Waals surface area contributed by atoms with Gasteiger partial charge in [-0.1, -0.05) is 0 Å². The maximum absolute atomic E-state index is 13.8. The molecule has 1 fully saturated rings. The third-order valence-electron chi connectivity index (χ3n) is 2.87. The van der Waals surface area contributed by atoms with Crippen molar-refractivity contribution in [2.24, 2.45) is 11.7 Å². The summed E-state index contributed by atoms with van der Waals surface area (Å²) in [5.41, 5.74) is 4.90. The standard InChI is InChI=1S/C12H23FN2O2/c1-12(2,3)17-11(16)15-7-5-9(4-6-14)10(13)8-15/h9-10H,4-8,14H2,1-3H3/t9-,10-/m1/s1. The Morgan fingerprint density at radius 1 is 1.53 bits per heavy atom. The van der Waals surface area contributed by atoms with Crippen LogP contribution < -0.4 is 5.73 Å². The summed E-state index contributed by atoms with van der Waals surface area (Å²) in [5, 5.41) is 0. The fraction of sp³-hybridized carbons (Fsp3) is 0.917. The molecule has 1 aliphatic heterocycles. The summed E-state index contributed by atoms with van der Waals surface area (Å²) in [4.78, 5) is 13.2. The summed E-state index contributed by atoms with van der Waals surface area (Å²) >= 11 is 0. The van der Waals surface area contributed by atoms with Crippen molar-refractivity contribution in [1.29, 1.82) is 0 Å². The molecule has 1 heterocycles. The number of nitrogens with two attached hydrogens (primary N) is 1. The number of hydrogen-bond donors (Lipinski definition) is 1. The van der Waals surface area contributed by atoms with E-state index in [9.17, 15) is 9.18 Å². The first-order chi connectivity index (χ1) is 7.83. The summed E-state index contributed by atoms with van der Waals surface area (Å²) in [6, 6.07) is 0. The molecule has 1 aliphatic rings. The Morgan fingerprint density at radius 3 is 2.65 bits per heavy atom. The summed E-state index contributed by atoms with van der Waals surface area (Å²) in [7, 11) is 0. The van der Waals surface area contributed by atoms with Crippen LogP contribution in [0.2, 0.25) is 0 Å². The minimum atomic E-state index is -0.986. The number of alkyl halides is 1. The second-order valence-corrected chi connectivity index (χ2v) is 5.57. The van der Waals surface area contributed by atoms with Crippen LogP contribution in [-0.4, -0.2) is 42.4 Å². The van der Waals surface area contributed by atoms with E-state index in [1.165, 1.54) is 4.90 Å². The number of rotatable bonds is 2. The van der Waals surface area contributed by atoms with Gasteiger partial charge >= 0.3 is 6.09 Å². The second-order valence-electron chi connectivity index (χ2n) is 5.57. The molecule has 0 aliphatic carbocycles. The number of ether oxygens (including phenoxy) is 1. The lowest BCUT2D eigenvalue weighted by Crippen LogP contribution is -2.47. The van der Waals surface area contributed by atoms with Crippen molar-refractivity contribution in [2.75, 3.05) is 19.6 Å². The van der Waals surface area contributed by atoms with E-state index in [0.717, 1.165) is 0 Å². The zero-order valence-electron chi connectivity index (χ0n) is 10.9. The normalized spacial score (nSPS) is 25.8. The Balaban J connectivity index is 2.46. The highest BCUT2D eigenvalue weighted by molar-refractivity contribution is 5.68. The van der Waals surface area contributed by atoms with Crippen molar-refractivity contribution in [3.05, 3.63) is 0 Å². The van der Waals surface area contributed by atoms with Gasteiger partial charge in [-0.2, -0.15) is 0 Å². The molecule has 100 valence electrons. The summed E-state index contributed by atoms with van der Waals surface area (Å²) in [6.45, 7) is 6.59. The molecular weight excluding hydrogens is 223 g/mol. The zero-order valence-corrected chi connectivity index (χ0v) is 10.9. The molecule has 2 N–H and O–H groups in total. The smallest absolute Gasteiger partial charge is 0.410 e. The first kappa shape index (κ1) is 14.2. The van der Waals surface area contributed by atoms with Crippen LogP contribution in [0.15, 0.2) is 0 Å². The number of nitrogens with zero attached hydrogens (tertiary/aromatic N) is 1. The van der Waals surface area contributed by atoms with E-state index in [4.69, 9.17) is 10.5 Å². The number of amides is 1. The minimum absolute atomic E-state index is 0.0151. The van der Waals surface area contributed by atoms with Gasteiger partial charge in [-0.15, -0.1) is 0 Å². The van der Waals surface area contributed by atoms with Crippen molar-refractivity contribution in [3.63, 3.8) is 0 Å². The molecular formula is C12H23FN2O2. The molecule has 4 nitrogen and oxygen atoms in total. The van der Waals surface area contributed by atoms with Crippen molar-refractivity contribution in [1.82, 2.24) is 4.90 Å². The maximum atomic E-state index is 13.8. The minimum Gasteiger partial charge on any atom is -0.444 e. The van der Waals surface area contributed by atoms with Gasteiger partial charge in [0.25, 0.3) is 0 Å². The number of piperidine rings is 1. The zero-order chi connectivity index (χ0) is 13.1. The largest absolute Gasteiger partial charge is 0.444 e. The summed E-state index contributed by atoms with van der Waals surface area (Å²) < 4.78 is 19.0. The first-order valence-electron chi connectivity index (χ1n) is 6.15. The van der Waals surface area contributed by atoms with E-state index in [0.29, 0.717) is 25.9 Å². The predicted molar refractivity (Wildman–Crippen MR) is 64.5 cm³/mol. The van der Waals surface area contributed by atoms with Crippen molar-refractivity contribution >= 4 is 6.09 Å². The van der Waals surface area contributed by atoms with Crippen LogP contribution in [0.25, 0.3) is 0 Å². The van der Waals surface area contributed by atoms with Crippen LogP contribution in [-0.2, 0) is 4.74 Å². The number of halogens is 1. The van der Waals surface area contributed by atoms with Crippen LogP contribution in [0.3, 0.4) is 0 Å². The van der Waals surface area contributed by atoms with Gasteiger partial charge in [0.1, 0.15) is 11.8 Å². The third-order valence-corrected chi connectivity index (χ3v) is 2.87. The molecule has 0 aromatic rings. The molecule has 1 saturated heterocycles. The monoisotopic (exact) mass is 246 g/mol. The molecule has 0 aromatic heterocycles. The maximum Gasteiger partial charge on any atom is 0.410 e. The van der Waals surface area contributed by atoms with Gasteiger partial charge in [-0.25, -0.2) is 9.18 Å². The van der Waals surface area contributed by atoms with Crippen molar-refractivity contribution < 1.29 is 13.9 Å². The summed E-state index contributed by atoms with van der Waals surface area (Å²) in [6.07, 6.45) is -0.0628. The molecule has 0 aromatic carbocycles. The highest BCUT2D eigenvalue weighted by atomic mass is 19.1. The van der Waals surface area contributed by atoms with E-state index in [1.807, 2.05) is 0 Å². The van der Waals surface area contributed by atoms with Crippen LogP contribution >= 0.6 is 0 Å². The Kier molecular flexibility index (Phi) is 4.74. The molecule has 1 amide bonds. The van der Waals surface area contributed by atoms with Crippen molar-refractivity contribution in [2.45, 2.75) is 45.4 Å². The summed E-state index contributed by atoms with van der Waals surface area (Å²) in [5.74, 6) is -0.0151. The van der Waals surface area contributed by atoms with E-state index in [1.54, 1.807) is 20.8 Å². The van der Waals surface area contributed by atoms with Gasteiger partial charge < -0.3 is 15.4 Å². The topological polar surface area (TPSA) is 55.6 Å². The van der Waals surface area contributed by atoms with Gasteiger partial charge in [0.05, 0.1) is 6.54 Å². The molecule has 0 unspecified atom stereocenters. The van der Waals surface area contributed by atoms with Crippen molar-refractivity contribution in [3.8, 4) is 0 Å². The highest BCUT2D eigenvalue weighted by Crippen LogP contribution is 2.24. The third kappa shape index (κ3) is 4.50. The first-order valence-corrected chi connectivity index (χ1v) is 6.15. The molecule has 5 heteroatoms. The number of hydrogen-bond acceptors (Lipinski definition) is 3. The molecule has 0 saturated carbocycles.